The predicted octanol–water partition coefficient (Wildman–Crippen LogP) is -0.183. The summed E-state index contributed by atoms with van der Waals surface area (Å²) < 4.78 is 57.8. The van der Waals surface area contributed by atoms with Gasteiger partial charge in [-0.3, -0.25) is 9.11 Å². The van der Waals surface area contributed by atoms with Gasteiger partial charge < -0.3 is 28.8 Å². The first-order chi connectivity index (χ1) is 11.3. The highest BCUT2D eigenvalue weighted by molar-refractivity contribution is 7.79. The molecule has 0 radical (unpaired) electrons. The van der Waals surface area contributed by atoms with Crippen molar-refractivity contribution >= 4 is 10.4 Å². The molecule has 0 fully saturated rings. The average molecular weight is 378 g/mol. The summed E-state index contributed by atoms with van der Waals surface area (Å²) in [5.74, 6) is 0. The Bertz CT molecular complexity index is 326. The van der Waals surface area contributed by atoms with Crippen LogP contribution < -0.4 is 0 Å². The standard InChI is InChI=1S/C13H28O6.H2O4S/c1-13(2)19-12-11-18-10-9-17-8-7-16-6-5-15-4-3-14;1-5(2,3)4/h13-14H,3-12H2,1-2H3;(H2,1,2,3,4). The van der Waals surface area contributed by atoms with Crippen LogP contribution in [-0.4, -0.2) is 94.8 Å². The van der Waals surface area contributed by atoms with Gasteiger partial charge >= 0.3 is 10.4 Å². The highest BCUT2D eigenvalue weighted by atomic mass is 32.3. The molecular weight excluding hydrogens is 348 g/mol. The molecule has 0 aliphatic carbocycles. The van der Waals surface area contributed by atoms with Crippen molar-refractivity contribution in [1.82, 2.24) is 0 Å². The summed E-state index contributed by atoms with van der Waals surface area (Å²) in [6.45, 7) is 8.86. The van der Waals surface area contributed by atoms with Crippen LogP contribution in [0.1, 0.15) is 13.8 Å². The summed E-state index contributed by atoms with van der Waals surface area (Å²) in [6.07, 6.45) is 0.248. The Morgan fingerprint density at radius 2 is 1.00 bits per heavy atom. The van der Waals surface area contributed by atoms with Gasteiger partial charge in [-0.25, -0.2) is 0 Å². The quantitative estimate of drug-likeness (QED) is 0.259. The van der Waals surface area contributed by atoms with E-state index in [2.05, 4.69) is 0 Å². The van der Waals surface area contributed by atoms with E-state index in [1.165, 1.54) is 0 Å². The van der Waals surface area contributed by atoms with Gasteiger partial charge in [0.1, 0.15) is 0 Å². The second kappa shape index (κ2) is 19.0. The monoisotopic (exact) mass is 378 g/mol. The molecule has 11 heteroatoms. The minimum atomic E-state index is -4.67. The summed E-state index contributed by atoms with van der Waals surface area (Å²) in [4.78, 5) is 0. The van der Waals surface area contributed by atoms with E-state index in [0.717, 1.165) is 0 Å². The van der Waals surface area contributed by atoms with Crippen LogP contribution in [0.5, 0.6) is 0 Å². The van der Waals surface area contributed by atoms with Gasteiger partial charge in [-0.05, 0) is 13.8 Å². The molecule has 148 valence electrons. The smallest absolute Gasteiger partial charge is 0.394 e. The number of aliphatic hydroxyl groups is 1. The molecule has 0 aromatic rings. The summed E-state index contributed by atoms with van der Waals surface area (Å²) >= 11 is 0. The van der Waals surface area contributed by atoms with E-state index < -0.39 is 10.4 Å². The van der Waals surface area contributed by atoms with Crippen LogP contribution >= 0.6 is 0 Å². The molecule has 3 N–H and O–H groups in total. The Balaban J connectivity index is 0. The zero-order valence-electron chi connectivity index (χ0n) is 14.3. The topological polar surface area (TPSA) is 141 Å². The van der Waals surface area contributed by atoms with Crippen molar-refractivity contribution in [3.63, 3.8) is 0 Å². The van der Waals surface area contributed by atoms with Crippen LogP contribution in [0.25, 0.3) is 0 Å². The Labute approximate surface area is 143 Å². The van der Waals surface area contributed by atoms with Crippen molar-refractivity contribution in [2.24, 2.45) is 0 Å². The van der Waals surface area contributed by atoms with Crippen molar-refractivity contribution in [3.05, 3.63) is 0 Å². The minimum absolute atomic E-state index is 0.0469. The van der Waals surface area contributed by atoms with E-state index in [-0.39, 0.29) is 12.7 Å². The van der Waals surface area contributed by atoms with Crippen molar-refractivity contribution in [3.8, 4) is 0 Å². The van der Waals surface area contributed by atoms with Gasteiger partial charge in [0.25, 0.3) is 0 Å². The third-order valence-electron chi connectivity index (χ3n) is 2.03. The summed E-state index contributed by atoms with van der Waals surface area (Å²) in [5.41, 5.74) is 0. The number of hydrogen-bond acceptors (Lipinski definition) is 8. The number of aliphatic hydroxyl groups excluding tert-OH is 1. The zero-order valence-corrected chi connectivity index (χ0v) is 15.1. The minimum Gasteiger partial charge on any atom is -0.394 e. The molecule has 0 saturated carbocycles. The van der Waals surface area contributed by atoms with E-state index >= 15 is 0 Å². The fourth-order valence-electron chi connectivity index (χ4n) is 1.17. The van der Waals surface area contributed by atoms with Crippen LogP contribution in [0.4, 0.5) is 0 Å². The van der Waals surface area contributed by atoms with Crippen LogP contribution in [0, 0.1) is 0 Å². The molecule has 0 aromatic carbocycles. The van der Waals surface area contributed by atoms with Crippen molar-refractivity contribution in [1.29, 1.82) is 0 Å². The van der Waals surface area contributed by atoms with Gasteiger partial charge in [0.05, 0.1) is 72.2 Å². The van der Waals surface area contributed by atoms with Gasteiger partial charge in [0.15, 0.2) is 0 Å². The number of rotatable bonds is 15. The molecule has 0 aliphatic heterocycles. The largest absolute Gasteiger partial charge is 0.394 e. The highest BCUT2D eigenvalue weighted by Gasteiger charge is 1.94. The van der Waals surface area contributed by atoms with E-state index in [4.69, 9.17) is 46.3 Å². The van der Waals surface area contributed by atoms with Crippen molar-refractivity contribution in [2.75, 3.05) is 66.1 Å². The van der Waals surface area contributed by atoms with Crippen LogP contribution in [0.15, 0.2) is 0 Å². The van der Waals surface area contributed by atoms with E-state index in [0.29, 0.717) is 59.5 Å². The van der Waals surface area contributed by atoms with Crippen molar-refractivity contribution < 1.29 is 46.3 Å². The zero-order chi connectivity index (χ0) is 18.7. The summed E-state index contributed by atoms with van der Waals surface area (Å²) in [5, 5.41) is 8.46. The molecule has 0 atom stereocenters. The fourth-order valence-corrected chi connectivity index (χ4v) is 1.17. The van der Waals surface area contributed by atoms with Crippen LogP contribution in [-0.2, 0) is 34.1 Å². The third kappa shape index (κ3) is 37.7. The van der Waals surface area contributed by atoms with Crippen LogP contribution in [0.2, 0.25) is 0 Å². The Morgan fingerprint density at radius 1 is 0.708 bits per heavy atom. The molecule has 0 aliphatic rings. The lowest BCUT2D eigenvalue weighted by molar-refractivity contribution is -0.0190. The maximum Gasteiger partial charge on any atom is 0.394 e. The van der Waals surface area contributed by atoms with E-state index in [1.807, 2.05) is 13.8 Å². The molecular formula is C13H30O10S. The van der Waals surface area contributed by atoms with Gasteiger partial charge in [-0.1, -0.05) is 0 Å². The molecule has 0 amide bonds. The first-order valence-corrected chi connectivity index (χ1v) is 8.90. The highest BCUT2D eigenvalue weighted by Crippen LogP contribution is 1.87. The second-order valence-electron chi connectivity index (χ2n) is 4.54. The Hall–Kier alpha value is -0.370. The van der Waals surface area contributed by atoms with Crippen molar-refractivity contribution in [2.45, 2.75) is 20.0 Å². The molecule has 0 rings (SSSR count). The lowest BCUT2D eigenvalue weighted by atomic mass is 10.5. The molecule has 0 bridgehead atoms. The Morgan fingerprint density at radius 3 is 1.29 bits per heavy atom. The maximum atomic E-state index is 8.74. The van der Waals surface area contributed by atoms with Gasteiger partial charge in [0.2, 0.25) is 0 Å². The SMILES string of the molecule is CC(C)OCCOCCOCCOCCOCCO.O=S(=O)(O)O. The lowest BCUT2D eigenvalue weighted by Gasteiger charge is -2.08. The fraction of sp³-hybridized carbons (Fsp3) is 1.00. The molecule has 0 saturated heterocycles. The third-order valence-corrected chi connectivity index (χ3v) is 2.03. The maximum absolute atomic E-state index is 8.74. The molecule has 0 heterocycles. The van der Waals surface area contributed by atoms with Gasteiger partial charge in [-0.15, -0.1) is 0 Å². The molecule has 0 aromatic heterocycles. The molecule has 10 nitrogen and oxygen atoms in total. The number of hydrogen-bond donors (Lipinski definition) is 3. The molecule has 0 spiro atoms. The first kappa shape index (κ1) is 25.9. The Kier molecular flexibility index (Phi) is 20.4. The van der Waals surface area contributed by atoms with Crippen LogP contribution in [0.3, 0.4) is 0 Å². The first-order valence-electron chi connectivity index (χ1n) is 7.50. The van der Waals surface area contributed by atoms with Gasteiger partial charge in [0, 0.05) is 0 Å². The number of ether oxygens (including phenoxy) is 5. The van der Waals surface area contributed by atoms with E-state index in [9.17, 15) is 0 Å². The lowest BCUT2D eigenvalue weighted by Crippen LogP contribution is -2.14. The summed E-state index contributed by atoms with van der Waals surface area (Å²) in [6, 6.07) is 0. The van der Waals surface area contributed by atoms with E-state index in [1.54, 1.807) is 0 Å². The molecule has 0 unspecified atom stereocenters. The summed E-state index contributed by atoms with van der Waals surface area (Å²) in [7, 11) is -4.67. The van der Waals surface area contributed by atoms with Gasteiger partial charge in [-0.2, -0.15) is 8.42 Å². The normalized spacial score (nSPS) is 11.4. The molecule has 24 heavy (non-hydrogen) atoms. The second-order valence-corrected chi connectivity index (χ2v) is 5.44. The predicted molar refractivity (Wildman–Crippen MR) is 85.6 cm³/mol. The average Bonchev–Trinajstić information content (AvgIpc) is 2.45.